The summed E-state index contributed by atoms with van der Waals surface area (Å²) in [7, 11) is 2.49. The maximum absolute atomic E-state index is 11.7. The molecule has 0 spiro atoms. The molecule has 0 fully saturated rings. The van der Waals surface area contributed by atoms with Gasteiger partial charge in [0.05, 0.1) is 29.4 Å². The average Bonchev–Trinajstić information content (AvgIpc) is 2.77. The number of carbonyl (C=O) groups is 2. The van der Waals surface area contributed by atoms with Crippen molar-refractivity contribution < 1.29 is 19.1 Å². The van der Waals surface area contributed by atoms with Gasteiger partial charge in [0.2, 0.25) is 0 Å². The summed E-state index contributed by atoms with van der Waals surface area (Å²) in [6.07, 6.45) is 0. The van der Waals surface area contributed by atoms with Crippen molar-refractivity contribution in [2.24, 2.45) is 0 Å². The minimum atomic E-state index is -1.05. The van der Waals surface area contributed by atoms with Gasteiger partial charge in [0.15, 0.2) is 5.92 Å². The number of esters is 2. The molecule has 0 radical (unpaired) electrons. The molecule has 2 aromatic rings. The molecule has 100 valence electrons. The lowest BCUT2D eigenvalue weighted by molar-refractivity contribution is -0.154. The fourth-order valence-electron chi connectivity index (χ4n) is 1.84. The van der Waals surface area contributed by atoms with Crippen molar-refractivity contribution in [2.45, 2.75) is 12.8 Å². The Kier molecular flexibility index (Phi) is 3.80. The lowest BCUT2D eigenvalue weighted by atomic mass is 9.99. The third kappa shape index (κ3) is 2.58. The Balaban J connectivity index is 2.49. The largest absolute Gasteiger partial charge is 0.468 e. The van der Waals surface area contributed by atoms with Crippen molar-refractivity contribution in [3.8, 4) is 0 Å². The number of methoxy groups -OCH3 is 2. The van der Waals surface area contributed by atoms with Crippen LogP contribution in [0.4, 0.5) is 0 Å². The zero-order valence-corrected chi connectivity index (χ0v) is 11.6. The predicted molar refractivity (Wildman–Crippen MR) is 71.1 cm³/mol. The zero-order valence-electron chi connectivity index (χ0n) is 10.8. The summed E-state index contributed by atoms with van der Waals surface area (Å²) in [5, 5.41) is 0.930. The maximum atomic E-state index is 11.7. The van der Waals surface area contributed by atoms with Gasteiger partial charge in [-0.15, -0.1) is 11.3 Å². The molecule has 0 bridgehead atoms. The van der Waals surface area contributed by atoms with E-state index < -0.39 is 17.9 Å². The summed E-state index contributed by atoms with van der Waals surface area (Å²) in [6, 6.07) is 5.26. The topological polar surface area (TPSA) is 65.5 Å². The van der Waals surface area contributed by atoms with E-state index >= 15 is 0 Å². The predicted octanol–water partition coefficient (Wildman–Crippen LogP) is 2.03. The number of hydrogen-bond acceptors (Lipinski definition) is 6. The standard InChI is InChI=1S/C13H13NO4S/c1-7-14-9-5-4-8(6-10(9)19-7)11(12(15)17-2)13(16)18-3/h4-6,11H,1-3H3. The third-order valence-corrected chi connectivity index (χ3v) is 3.66. The lowest BCUT2D eigenvalue weighted by Crippen LogP contribution is -2.24. The first kappa shape index (κ1) is 13.5. The van der Waals surface area contributed by atoms with Crippen LogP contribution in [0.15, 0.2) is 18.2 Å². The Morgan fingerprint density at radius 2 is 1.84 bits per heavy atom. The van der Waals surface area contributed by atoms with E-state index in [1.54, 1.807) is 18.2 Å². The lowest BCUT2D eigenvalue weighted by Gasteiger charge is -2.12. The molecular formula is C13H13NO4S. The van der Waals surface area contributed by atoms with Crippen molar-refractivity contribution in [2.75, 3.05) is 14.2 Å². The van der Waals surface area contributed by atoms with Crippen LogP contribution in [0.1, 0.15) is 16.5 Å². The van der Waals surface area contributed by atoms with Crippen molar-refractivity contribution >= 4 is 33.5 Å². The van der Waals surface area contributed by atoms with E-state index in [0.29, 0.717) is 5.56 Å². The third-order valence-electron chi connectivity index (χ3n) is 2.73. The number of fused-ring (bicyclic) bond motifs is 1. The second-order valence-corrected chi connectivity index (χ2v) is 5.17. The smallest absolute Gasteiger partial charge is 0.324 e. The second-order valence-electron chi connectivity index (χ2n) is 3.94. The van der Waals surface area contributed by atoms with Gasteiger partial charge in [-0.25, -0.2) is 4.98 Å². The van der Waals surface area contributed by atoms with E-state index in [9.17, 15) is 9.59 Å². The fourth-order valence-corrected chi connectivity index (χ4v) is 2.72. The molecule has 1 aromatic heterocycles. The number of thiazole rings is 1. The summed E-state index contributed by atoms with van der Waals surface area (Å²) in [5.41, 5.74) is 1.40. The number of benzene rings is 1. The number of aryl methyl sites for hydroxylation is 1. The van der Waals surface area contributed by atoms with Crippen LogP contribution in [0.5, 0.6) is 0 Å². The average molecular weight is 279 g/mol. The van der Waals surface area contributed by atoms with Crippen LogP contribution < -0.4 is 0 Å². The molecule has 0 saturated heterocycles. The molecule has 0 saturated carbocycles. The van der Waals surface area contributed by atoms with Gasteiger partial charge in [0, 0.05) is 0 Å². The first-order chi connectivity index (χ1) is 9.06. The minimum Gasteiger partial charge on any atom is -0.468 e. The maximum Gasteiger partial charge on any atom is 0.324 e. The molecule has 1 heterocycles. The van der Waals surface area contributed by atoms with Gasteiger partial charge < -0.3 is 9.47 Å². The summed E-state index contributed by atoms with van der Waals surface area (Å²) < 4.78 is 10.2. The van der Waals surface area contributed by atoms with E-state index in [1.807, 2.05) is 6.92 Å². The molecular weight excluding hydrogens is 266 g/mol. The van der Waals surface area contributed by atoms with Crippen LogP contribution in [-0.2, 0) is 19.1 Å². The molecule has 2 rings (SSSR count). The van der Waals surface area contributed by atoms with Crippen LogP contribution in [-0.4, -0.2) is 31.1 Å². The zero-order chi connectivity index (χ0) is 14.0. The van der Waals surface area contributed by atoms with Crippen molar-refractivity contribution in [3.63, 3.8) is 0 Å². The van der Waals surface area contributed by atoms with Gasteiger partial charge in [-0.05, 0) is 24.6 Å². The van der Waals surface area contributed by atoms with Gasteiger partial charge in [0.25, 0.3) is 0 Å². The Hall–Kier alpha value is -1.95. The van der Waals surface area contributed by atoms with Crippen molar-refractivity contribution in [1.82, 2.24) is 4.98 Å². The quantitative estimate of drug-likeness (QED) is 0.635. The van der Waals surface area contributed by atoms with Gasteiger partial charge in [-0.3, -0.25) is 9.59 Å². The molecule has 6 heteroatoms. The molecule has 1 aromatic carbocycles. The molecule has 0 unspecified atom stereocenters. The summed E-state index contributed by atoms with van der Waals surface area (Å²) in [6.45, 7) is 1.91. The van der Waals surface area contributed by atoms with Gasteiger partial charge in [-0.2, -0.15) is 0 Å². The number of hydrogen-bond donors (Lipinski definition) is 0. The van der Waals surface area contributed by atoms with Crippen LogP contribution in [0.3, 0.4) is 0 Å². The highest BCUT2D eigenvalue weighted by Crippen LogP contribution is 2.27. The number of carbonyl (C=O) groups excluding carboxylic acids is 2. The molecule has 0 N–H and O–H groups in total. The van der Waals surface area contributed by atoms with Crippen LogP contribution in [0, 0.1) is 6.92 Å². The second kappa shape index (κ2) is 5.36. The summed E-state index contributed by atoms with van der Waals surface area (Å²) in [4.78, 5) is 27.8. The highest BCUT2D eigenvalue weighted by molar-refractivity contribution is 7.18. The first-order valence-corrected chi connectivity index (χ1v) is 6.41. The van der Waals surface area contributed by atoms with E-state index in [2.05, 4.69) is 14.5 Å². The molecule has 0 amide bonds. The van der Waals surface area contributed by atoms with E-state index in [0.717, 1.165) is 15.2 Å². The first-order valence-electron chi connectivity index (χ1n) is 5.59. The van der Waals surface area contributed by atoms with E-state index in [1.165, 1.54) is 25.6 Å². The summed E-state index contributed by atoms with van der Waals surface area (Å²) in [5.74, 6) is -2.32. The number of aromatic nitrogens is 1. The molecule has 5 nitrogen and oxygen atoms in total. The summed E-state index contributed by atoms with van der Waals surface area (Å²) >= 11 is 1.51. The molecule has 0 aliphatic carbocycles. The highest BCUT2D eigenvalue weighted by atomic mass is 32.1. The van der Waals surface area contributed by atoms with E-state index in [-0.39, 0.29) is 0 Å². The number of ether oxygens (including phenoxy) is 2. The monoisotopic (exact) mass is 279 g/mol. The fraction of sp³-hybridized carbons (Fsp3) is 0.308. The van der Waals surface area contributed by atoms with Crippen molar-refractivity contribution in [1.29, 1.82) is 0 Å². The van der Waals surface area contributed by atoms with Crippen LogP contribution in [0.25, 0.3) is 10.2 Å². The van der Waals surface area contributed by atoms with Crippen LogP contribution in [0.2, 0.25) is 0 Å². The Morgan fingerprint density at radius 1 is 1.21 bits per heavy atom. The van der Waals surface area contributed by atoms with E-state index in [4.69, 9.17) is 0 Å². The minimum absolute atomic E-state index is 0.551. The Morgan fingerprint density at radius 3 is 2.42 bits per heavy atom. The molecule has 0 aliphatic heterocycles. The van der Waals surface area contributed by atoms with Gasteiger partial charge in [-0.1, -0.05) is 6.07 Å². The molecule has 0 atom stereocenters. The van der Waals surface area contributed by atoms with Gasteiger partial charge in [0.1, 0.15) is 0 Å². The molecule has 0 aliphatic rings. The highest BCUT2D eigenvalue weighted by Gasteiger charge is 2.30. The molecule has 19 heavy (non-hydrogen) atoms. The normalized spacial score (nSPS) is 10.7. The van der Waals surface area contributed by atoms with Gasteiger partial charge >= 0.3 is 11.9 Å². The number of nitrogens with zero attached hydrogens (tertiary/aromatic N) is 1. The SMILES string of the molecule is COC(=O)C(C(=O)OC)c1ccc2nc(C)sc2c1. The number of rotatable bonds is 3. The Labute approximate surface area is 114 Å². The van der Waals surface area contributed by atoms with Crippen LogP contribution >= 0.6 is 11.3 Å². The Bertz CT molecular complexity index is 619. The van der Waals surface area contributed by atoms with Crippen molar-refractivity contribution in [3.05, 3.63) is 28.8 Å².